The van der Waals surface area contributed by atoms with Crippen LogP contribution in [0, 0.1) is 6.92 Å². The first-order valence-electron chi connectivity index (χ1n) is 4.86. The molecular weight excluding hydrogens is 192 g/mol. The molecule has 0 bridgehead atoms. The summed E-state index contributed by atoms with van der Waals surface area (Å²) in [7, 11) is 0. The number of rotatable bonds is 1. The van der Waals surface area contributed by atoms with Crippen LogP contribution < -0.4 is 0 Å². The van der Waals surface area contributed by atoms with Crippen LogP contribution in [-0.2, 0) is 5.75 Å². The van der Waals surface area contributed by atoms with Gasteiger partial charge in [0.1, 0.15) is 5.82 Å². The van der Waals surface area contributed by atoms with Gasteiger partial charge in [-0.1, -0.05) is 19.9 Å². The monoisotopic (exact) mass is 208 g/mol. The van der Waals surface area contributed by atoms with E-state index in [1.165, 1.54) is 5.56 Å². The van der Waals surface area contributed by atoms with Gasteiger partial charge in [0.15, 0.2) is 0 Å². The van der Waals surface area contributed by atoms with E-state index in [0.29, 0.717) is 0 Å². The van der Waals surface area contributed by atoms with Crippen molar-refractivity contribution in [1.82, 2.24) is 9.97 Å². The standard InChI is InChI=1S/C9H10N2S.C2H6/c1-6-10-8-3-2-7(5-12)4-9(8)11-6;1-2/h2-4,12H,5H2,1H3,(H,10,11);1-2H3. The maximum Gasteiger partial charge on any atom is 0.104 e. The van der Waals surface area contributed by atoms with E-state index in [0.717, 1.165) is 22.6 Å². The molecule has 0 radical (unpaired) electrons. The molecule has 0 aliphatic rings. The minimum Gasteiger partial charge on any atom is -0.342 e. The molecule has 0 spiro atoms. The zero-order chi connectivity index (χ0) is 10.6. The van der Waals surface area contributed by atoms with Crippen LogP contribution in [0.1, 0.15) is 25.2 Å². The summed E-state index contributed by atoms with van der Waals surface area (Å²) < 4.78 is 0. The number of H-pyrrole nitrogens is 1. The van der Waals surface area contributed by atoms with Gasteiger partial charge in [0.2, 0.25) is 0 Å². The van der Waals surface area contributed by atoms with Crippen molar-refractivity contribution in [2.24, 2.45) is 0 Å². The number of thiol groups is 1. The third-order valence-corrected chi connectivity index (χ3v) is 2.21. The molecule has 0 amide bonds. The number of nitrogens with one attached hydrogen (secondary N) is 1. The Bertz CT molecular complexity index is 407. The van der Waals surface area contributed by atoms with E-state index < -0.39 is 0 Å². The normalized spacial score (nSPS) is 9.71. The van der Waals surface area contributed by atoms with Gasteiger partial charge in [-0.3, -0.25) is 0 Å². The fourth-order valence-corrected chi connectivity index (χ4v) is 1.48. The van der Waals surface area contributed by atoms with Crippen LogP contribution in [0.5, 0.6) is 0 Å². The molecular formula is C11H16N2S. The zero-order valence-electron chi connectivity index (χ0n) is 8.83. The molecule has 0 unspecified atom stereocenters. The van der Waals surface area contributed by atoms with Gasteiger partial charge in [-0.15, -0.1) is 0 Å². The van der Waals surface area contributed by atoms with Gasteiger partial charge in [0, 0.05) is 5.75 Å². The lowest BCUT2D eigenvalue weighted by molar-refractivity contribution is 1.17. The van der Waals surface area contributed by atoms with Crippen molar-refractivity contribution in [1.29, 1.82) is 0 Å². The molecule has 1 heterocycles. The minimum absolute atomic E-state index is 0.772. The van der Waals surface area contributed by atoms with Crippen LogP contribution in [0.15, 0.2) is 18.2 Å². The van der Waals surface area contributed by atoms with Gasteiger partial charge in [-0.2, -0.15) is 12.6 Å². The highest BCUT2D eigenvalue weighted by Crippen LogP contribution is 2.14. The van der Waals surface area contributed by atoms with E-state index in [2.05, 4.69) is 34.7 Å². The number of nitrogens with zero attached hydrogens (tertiary/aromatic N) is 1. The molecule has 1 aromatic heterocycles. The molecule has 14 heavy (non-hydrogen) atoms. The van der Waals surface area contributed by atoms with Crippen molar-refractivity contribution in [2.75, 3.05) is 0 Å². The van der Waals surface area contributed by atoms with Crippen LogP contribution in [0.4, 0.5) is 0 Å². The zero-order valence-corrected chi connectivity index (χ0v) is 9.73. The number of aromatic amines is 1. The van der Waals surface area contributed by atoms with Gasteiger partial charge < -0.3 is 4.98 Å². The quantitative estimate of drug-likeness (QED) is 0.691. The molecule has 76 valence electrons. The second kappa shape index (κ2) is 5.05. The van der Waals surface area contributed by atoms with E-state index in [-0.39, 0.29) is 0 Å². The second-order valence-corrected chi connectivity index (χ2v) is 3.15. The lowest BCUT2D eigenvalue weighted by atomic mass is 10.2. The van der Waals surface area contributed by atoms with Crippen LogP contribution in [0.3, 0.4) is 0 Å². The molecule has 0 saturated heterocycles. The van der Waals surface area contributed by atoms with Gasteiger partial charge in [0.25, 0.3) is 0 Å². The Morgan fingerprint density at radius 3 is 2.71 bits per heavy atom. The lowest BCUT2D eigenvalue weighted by Crippen LogP contribution is -1.76. The van der Waals surface area contributed by atoms with E-state index in [9.17, 15) is 0 Å². The predicted octanol–water partition coefficient (Wildman–Crippen LogP) is 3.33. The summed E-state index contributed by atoms with van der Waals surface area (Å²) >= 11 is 4.21. The molecule has 2 rings (SSSR count). The summed E-state index contributed by atoms with van der Waals surface area (Å²) in [4.78, 5) is 7.50. The summed E-state index contributed by atoms with van der Waals surface area (Å²) in [6.45, 7) is 5.96. The predicted molar refractivity (Wildman–Crippen MR) is 64.9 cm³/mol. The fraction of sp³-hybridized carbons (Fsp3) is 0.364. The highest BCUT2D eigenvalue weighted by atomic mass is 32.1. The highest BCUT2D eigenvalue weighted by molar-refractivity contribution is 7.79. The maximum absolute atomic E-state index is 4.31. The summed E-state index contributed by atoms with van der Waals surface area (Å²) in [5.74, 6) is 1.73. The SMILES string of the molecule is CC.Cc1nc2ccc(CS)cc2[nH]1. The van der Waals surface area contributed by atoms with Crippen LogP contribution in [0.2, 0.25) is 0 Å². The van der Waals surface area contributed by atoms with Crippen molar-refractivity contribution < 1.29 is 0 Å². The molecule has 0 atom stereocenters. The Balaban J connectivity index is 0.000000461. The number of hydrogen-bond acceptors (Lipinski definition) is 2. The third kappa shape index (κ3) is 2.29. The lowest BCUT2D eigenvalue weighted by Gasteiger charge is -1.93. The largest absolute Gasteiger partial charge is 0.342 e. The number of fused-ring (bicyclic) bond motifs is 1. The number of hydrogen-bond donors (Lipinski definition) is 2. The first kappa shape index (κ1) is 11.1. The van der Waals surface area contributed by atoms with Crippen molar-refractivity contribution in [3.63, 3.8) is 0 Å². The van der Waals surface area contributed by atoms with Crippen LogP contribution in [-0.4, -0.2) is 9.97 Å². The Morgan fingerprint density at radius 1 is 1.36 bits per heavy atom. The summed E-state index contributed by atoms with van der Waals surface area (Å²) in [6.07, 6.45) is 0. The third-order valence-electron chi connectivity index (χ3n) is 1.85. The minimum atomic E-state index is 0.772. The van der Waals surface area contributed by atoms with Crippen molar-refractivity contribution >= 4 is 23.7 Å². The maximum atomic E-state index is 4.31. The second-order valence-electron chi connectivity index (χ2n) is 2.83. The number of imidazole rings is 1. The van der Waals surface area contributed by atoms with Crippen LogP contribution >= 0.6 is 12.6 Å². The van der Waals surface area contributed by atoms with Crippen molar-refractivity contribution in [2.45, 2.75) is 26.5 Å². The molecule has 3 heteroatoms. The molecule has 2 nitrogen and oxygen atoms in total. The molecule has 1 N–H and O–H groups in total. The number of aromatic nitrogens is 2. The summed E-state index contributed by atoms with van der Waals surface area (Å²) in [6, 6.07) is 6.16. The molecule has 0 aliphatic heterocycles. The average Bonchev–Trinajstić information content (AvgIpc) is 2.59. The molecule has 0 fully saturated rings. The Hall–Kier alpha value is -0.960. The van der Waals surface area contributed by atoms with E-state index in [1.807, 2.05) is 26.8 Å². The van der Waals surface area contributed by atoms with E-state index in [1.54, 1.807) is 0 Å². The van der Waals surface area contributed by atoms with Gasteiger partial charge >= 0.3 is 0 Å². The topological polar surface area (TPSA) is 28.7 Å². The molecule has 2 aromatic rings. The van der Waals surface area contributed by atoms with E-state index in [4.69, 9.17) is 0 Å². The first-order chi connectivity index (χ1) is 6.79. The van der Waals surface area contributed by atoms with Crippen LogP contribution in [0.25, 0.3) is 11.0 Å². The van der Waals surface area contributed by atoms with Gasteiger partial charge in [-0.05, 0) is 24.6 Å². The first-order valence-corrected chi connectivity index (χ1v) is 5.49. The highest BCUT2D eigenvalue weighted by Gasteiger charge is 1.98. The van der Waals surface area contributed by atoms with Gasteiger partial charge in [0.05, 0.1) is 11.0 Å². The van der Waals surface area contributed by atoms with Gasteiger partial charge in [-0.25, -0.2) is 4.98 Å². The Labute approximate surface area is 90.2 Å². The fourth-order valence-electron chi connectivity index (χ4n) is 1.28. The van der Waals surface area contributed by atoms with Crippen molar-refractivity contribution in [3.05, 3.63) is 29.6 Å². The average molecular weight is 208 g/mol. The molecule has 0 saturated carbocycles. The van der Waals surface area contributed by atoms with Crippen molar-refractivity contribution in [3.8, 4) is 0 Å². The van der Waals surface area contributed by atoms with E-state index >= 15 is 0 Å². The number of benzene rings is 1. The number of aryl methyl sites for hydroxylation is 1. The molecule has 1 aromatic carbocycles. The molecule has 0 aliphatic carbocycles. The summed E-state index contributed by atoms with van der Waals surface area (Å²) in [5, 5.41) is 0. The Kier molecular flexibility index (Phi) is 4.01. The summed E-state index contributed by atoms with van der Waals surface area (Å²) in [5.41, 5.74) is 3.34. The smallest absolute Gasteiger partial charge is 0.104 e. The Morgan fingerprint density at radius 2 is 2.07 bits per heavy atom.